The number of nitrogens with one attached hydrogen (secondary N) is 1. The molecule has 0 aliphatic heterocycles. The quantitative estimate of drug-likeness (QED) is 0.385. The number of nitro benzene ring substituents is 1. The standard InChI is InChI=1S/C15H22N2O4/c1-2-3-4-5-6-7-10-16-13-9-8-12(15(18)19)11-14(13)17(20)21/h8-9,11,16H,2-7,10H2,1H3,(H,18,19). The molecule has 0 aromatic heterocycles. The highest BCUT2D eigenvalue weighted by atomic mass is 16.6. The fourth-order valence-electron chi connectivity index (χ4n) is 2.09. The third kappa shape index (κ3) is 5.81. The summed E-state index contributed by atoms with van der Waals surface area (Å²) in [6.45, 7) is 2.82. The summed E-state index contributed by atoms with van der Waals surface area (Å²) >= 11 is 0. The molecule has 1 aromatic carbocycles. The second kappa shape index (κ2) is 8.94. The number of hydrogen-bond donors (Lipinski definition) is 2. The number of anilines is 1. The van der Waals surface area contributed by atoms with Gasteiger partial charge in [0.2, 0.25) is 0 Å². The van der Waals surface area contributed by atoms with Crippen molar-refractivity contribution in [3.05, 3.63) is 33.9 Å². The maximum absolute atomic E-state index is 11.0. The number of unbranched alkanes of at least 4 members (excludes halogenated alkanes) is 5. The van der Waals surface area contributed by atoms with Crippen molar-refractivity contribution in [1.82, 2.24) is 0 Å². The van der Waals surface area contributed by atoms with Crippen LogP contribution < -0.4 is 5.32 Å². The lowest BCUT2D eigenvalue weighted by molar-refractivity contribution is -0.384. The molecule has 6 heteroatoms. The summed E-state index contributed by atoms with van der Waals surface area (Å²) in [5.41, 5.74) is 0.103. The summed E-state index contributed by atoms with van der Waals surface area (Å²) in [5, 5.41) is 22.8. The molecule has 0 saturated carbocycles. The summed E-state index contributed by atoms with van der Waals surface area (Å²) < 4.78 is 0. The lowest BCUT2D eigenvalue weighted by Crippen LogP contribution is -2.06. The third-order valence-corrected chi connectivity index (χ3v) is 3.29. The monoisotopic (exact) mass is 294 g/mol. The lowest BCUT2D eigenvalue weighted by Gasteiger charge is -2.07. The Balaban J connectivity index is 2.51. The Hall–Kier alpha value is -2.11. The number of aromatic carboxylic acids is 1. The van der Waals surface area contributed by atoms with E-state index in [1.165, 1.54) is 37.8 Å². The van der Waals surface area contributed by atoms with Gasteiger partial charge < -0.3 is 10.4 Å². The molecule has 0 unspecified atom stereocenters. The first-order valence-corrected chi connectivity index (χ1v) is 7.32. The van der Waals surface area contributed by atoms with E-state index < -0.39 is 10.9 Å². The molecule has 1 rings (SSSR count). The van der Waals surface area contributed by atoms with Gasteiger partial charge >= 0.3 is 5.97 Å². The van der Waals surface area contributed by atoms with E-state index >= 15 is 0 Å². The molecule has 2 N–H and O–H groups in total. The molecule has 0 atom stereocenters. The predicted octanol–water partition coefficient (Wildman–Crippen LogP) is 4.07. The second-order valence-corrected chi connectivity index (χ2v) is 4.99. The maximum Gasteiger partial charge on any atom is 0.335 e. The highest BCUT2D eigenvalue weighted by molar-refractivity contribution is 5.89. The molecule has 0 aliphatic carbocycles. The highest BCUT2D eigenvalue weighted by Gasteiger charge is 2.16. The van der Waals surface area contributed by atoms with Gasteiger partial charge in [-0.15, -0.1) is 0 Å². The fraction of sp³-hybridized carbons (Fsp3) is 0.533. The zero-order chi connectivity index (χ0) is 15.7. The Bertz CT molecular complexity index is 489. The van der Waals surface area contributed by atoms with Gasteiger partial charge in [-0.25, -0.2) is 4.79 Å². The number of nitro groups is 1. The Morgan fingerprint density at radius 1 is 1.24 bits per heavy atom. The number of nitrogens with zero attached hydrogens (tertiary/aromatic N) is 1. The van der Waals surface area contributed by atoms with Crippen LogP contribution in [0.3, 0.4) is 0 Å². The third-order valence-electron chi connectivity index (χ3n) is 3.29. The van der Waals surface area contributed by atoms with Gasteiger partial charge in [0, 0.05) is 12.6 Å². The van der Waals surface area contributed by atoms with Crippen molar-refractivity contribution in [1.29, 1.82) is 0 Å². The summed E-state index contributed by atoms with van der Waals surface area (Å²) in [5.74, 6) is -1.17. The Morgan fingerprint density at radius 2 is 1.90 bits per heavy atom. The van der Waals surface area contributed by atoms with Gasteiger partial charge in [-0.3, -0.25) is 10.1 Å². The van der Waals surface area contributed by atoms with E-state index in [9.17, 15) is 14.9 Å². The zero-order valence-corrected chi connectivity index (χ0v) is 12.3. The van der Waals surface area contributed by atoms with Crippen molar-refractivity contribution < 1.29 is 14.8 Å². The summed E-state index contributed by atoms with van der Waals surface area (Å²) in [7, 11) is 0. The molecular weight excluding hydrogens is 272 g/mol. The Kier molecular flexibility index (Phi) is 7.21. The van der Waals surface area contributed by atoms with E-state index in [2.05, 4.69) is 12.2 Å². The van der Waals surface area contributed by atoms with E-state index in [0.29, 0.717) is 12.2 Å². The largest absolute Gasteiger partial charge is 0.478 e. The Labute approximate surface area is 124 Å². The smallest absolute Gasteiger partial charge is 0.335 e. The van der Waals surface area contributed by atoms with Gasteiger partial charge in [0.05, 0.1) is 10.5 Å². The molecule has 116 valence electrons. The van der Waals surface area contributed by atoms with Crippen molar-refractivity contribution in [3.63, 3.8) is 0 Å². The minimum atomic E-state index is -1.17. The van der Waals surface area contributed by atoms with E-state index in [1.54, 1.807) is 0 Å². The van der Waals surface area contributed by atoms with Crippen molar-refractivity contribution >= 4 is 17.3 Å². The first-order valence-electron chi connectivity index (χ1n) is 7.32. The van der Waals surface area contributed by atoms with Crippen LogP contribution >= 0.6 is 0 Å². The van der Waals surface area contributed by atoms with E-state index in [-0.39, 0.29) is 11.3 Å². The molecule has 1 aromatic rings. The van der Waals surface area contributed by atoms with E-state index in [1.807, 2.05) is 0 Å². The summed E-state index contributed by atoms with van der Waals surface area (Å²) in [6, 6.07) is 3.92. The second-order valence-electron chi connectivity index (χ2n) is 4.99. The number of benzene rings is 1. The van der Waals surface area contributed by atoms with Crippen molar-refractivity contribution in [2.75, 3.05) is 11.9 Å². The Morgan fingerprint density at radius 3 is 2.52 bits per heavy atom. The summed E-state index contributed by atoms with van der Waals surface area (Å²) in [6.07, 6.45) is 6.89. The van der Waals surface area contributed by atoms with Crippen molar-refractivity contribution in [2.24, 2.45) is 0 Å². The maximum atomic E-state index is 11.0. The average Bonchev–Trinajstić information content (AvgIpc) is 2.46. The number of carbonyl (C=O) groups is 1. The normalized spacial score (nSPS) is 10.3. The number of rotatable bonds is 10. The van der Waals surface area contributed by atoms with Crippen molar-refractivity contribution in [3.8, 4) is 0 Å². The molecule has 6 nitrogen and oxygen atoms in total. The minimum absolute atomic E-state index is 0.0770. The zero-order valence-electron chi connectivity index (χ0n) is 12.3. The number of carboxylic acid groups (broad SMARTS) is 1. The molecule has 0 heterocycles. The van der Waals surface area contributed by atoms with Crippen LogP contribution in [-0.4, -0.2) is 22.5 Å². The summed E-state index contributed by atoms with van der Waals surface area (Å²) in [4.78, 5) is 21.2. The van der Waals surface area contributed by atoms with E-state index in [0.717, 1.165) is 18.9 Å². The van der Waals surface area contributed by atoms with Crippen LogP contribution in [0.1, 0.15) is 55.8 Å². The van der Waals surface area contributed by atoms with Gasteiger partial charge in [-0.1, -0.05) is 39.0 Å². The molecule has 0 bridgehead atoms. The molecule has 0 aliphatic rings. The fourth-order valence-corrected chi connectivity index (χ4v) is 2.09. The SMILES string of the molecule is CCCCCCCCNc1ccc(C(=O)O)cc1[N+](=O)[O-]. The molecular formula is C15H22N2O4. The lowest BCUT2D eigenvalue weighted by atomic mass is 10.1. The van der Waals surface area contributed by atoms with Gasteiger partial charge in [0.1, 0.15) is 5.69 Å². The van der Waals surface area contributed by atoms with Gasteiger partial charge in [0.25, 0.3) is 5.69 Å². The molecule has 0 saturated heterocycles. The first-order chi connectivity index (χ1) is 10.1. The molecule has 0 amide bonds. The van der Waals surface area contributed by atoms with Gasteiger partial charge in [0.15, 0.2) is 0 Å². The minimum Gasteiger partial charge on any atom is -0.478 e. The van der Waals surface area contributed by atoms with Crippen LogP contribution in [0.2, 0.25) is 0 Å². The topological polar surface area (TPSA) is 92.5 Å². The van der Waals surface area contributed by atoms with Gasteiger partial charge in [-0.05, 0) is 18.6 Å². The van der Waals surface area contributed by atoms with E-state index in [4.69, 9.17) is 5.11 Å². The van der Waals surface area contributed by atoms with Crippen LogP contribution in [0.25, 0.3) is 0 Å². The van der Waals surface area contributed by atoms with Gasteiger partial charge in [-0.2, -0.15) is 0 Å². The van der Waals surface area contributed by atoms with Crippen LogP contribution in [0.4, 0.5) is 11.4 Å². The molecule has 0 fully saturated rings. The van der Waals surface area contributed by atoms with Crippen LogP contribution in [0.15, 0.2) is 18.2 Å². The van der Waals surface area contributed by atoms with Crippen LogP contribution in [0, 0.1) is 10.1 Å². The first kappa shape index (κ1) is 16.9. The highest BCUT2D eigenvalue weighted by Crippen LogP contribution is 2.25. The average molecular weight is 294 g/mol. The van der Waals surface area contributed by atoms with Crippen LogP contribution in [0.5, 0.6) is 0 Å². The predicted molar refractivity (Wildman–Crippen MR) is 81.9 cm³/mol. The molecule has 0 spiro atoms. The van der Waals surface area contributed by atoms with Crippen LogP contribution in [-0.2, 0) is 0 Å². The van der Waals surface area contributed by atoms with Crippen molar-refractivity contribution in [2.45, 2.75) is 45.4 Å². The molecule has 21 heavy (non-hydrogen) atoms. The number of carboxylic acids is 1. The molecule has 0 radical (unpaired) electrons. The number of hydrogen-bond acceptors (Lipinski definition) is 4.